The number of nitrogens with one attached hydrogen (secondary N) is 4. The number of hydrogen-bond acceptors (Lipinski definition) is 4. The molecule has 0 saturated heterocycles. The second kappa shape index (κ2) is 9.63. The molecule has 2 heterocycles. The highest BCUT2D eigenvalue weighted by atomic mass is 127. The van der Waals surface area contributed by atoms with Gasteiger partial charge in [0, 0.05) is 29.6 Å². The summed E-state index contributed by atoms with van der Waals surface area (Å²) in [5.74, 6) is 2.11. The Balaban J connectivity index is 1.55. The van der Waals surface area contributed by atoms with Gasteiger partial charge in [0.1, 0.15) is 22.9 Å². The number of H-pyrrole nitrogens is 2. The number of benzene rings is 1. The van der Waals surface area contributed by atoms with E-state index in [-0.39, 0.29) is 5.91 Å². The lowest BCUT2D eigenvalue weighted by atomic mass is 9.87. The largest absolute Gasteiger partial charge is 0.496 e. The maximum Gasteiger partial charge on any atom is 0.260 e. The van der Waals surface area contributed by atoms with Gasteiger partial charge in [0.25, 0.3) is 5.91 Å². The summed E-state index contributed by atoms with van der Waals surface area (Å²) >= 11 is 2.49. The predicted molar refractivity (Wildman–Crippen MR) is 129 cm³/mol. The zero-order valence-corrected chi connectivity index (χ0v) is 19.5. The minimum Gasteiger partial charge on any atom is -0.496 e. The normalized spacial score (nSPS) is 19.0. The molecule has 0 unspecified atom stereocenters. The van der Waals surface area contributed by atoms with Crippen LogP contribution in [-0.2, 0) is 0 Å². The smallest absolute Gasteiger partial charge is 0.260 e. The number of amides is 1. The fraction of sp³-hybridized carbons (Fsp3) is 0.364. The van der Waals surface area contributed by atoms with Crippen LogP contribution in [0.15, 0.2) is 30.6 Å². The lowest BCUT2D eigenvalue weighted by Gasteiger charge is -2.22. The SMILES string of the molecule is COc1cc2[nH][n+](C3CCC(CI)CC3)cc2cc1C(=O)Nc1cnc(/C=C\C=N)[nH]1. The quantitative estimate of drug-likeness (QED) is 0.158. The number of methoxy groups -OCH3 is 1. The summed E-state index contributed by atoms with van der Waals surface area (Å²) in [5.41, 5.74) is 1.41. The number of hydrogen-bond donors (Lipinski definition) is 4. The first kappa shape index (κ1) is 21.5. The van der Waals surface area contributed by atoms with E-state index >= 15 is 0 Å². The number of rotatable bonds is 7. The van der Waals surface area contributed by atoms with Crippen LogP contribution in [-0.4, -0.2) is 38.7 Å². The van der Waals surface area contributed by atoms with Crippen molar-refractivity contribution in [3.05, 3.63) is 42.0 Å². The van der Waals surface area contributed by atoms with Crippen molar-refractivity contribution in [3.8, 4) is 5.75 Å². The standard InChI is InChI=1S/C22H25IN6O2/c1-31-19-10-18-15(13-29(28-18)16-6-4-14(11-23)5-7-16)9-17(19)22(30)27-21-12-25-20(26-21)3-2-8-24/h2-3,8-10,12-14,16H,4-7,11H2,1H3,(H3,24,25,26,27,30)/p+1. The van der Waals surface area contributed by atoms with Gasteiger partial charge in [-0.15, -0.1) is 4.68 Å². The van der Waals surface area contributed by atoms with Crippen molar-refractivity contribution in [2.45, 2.75) is 31.7 Å². The van der Waals surface area contributed by atoms with E-state index in [1.807, 2.05) is 12.1 Å². The Labute approximate surface area is 194 Å². The van der Waals surface area contributed by atoms with Crippen molar-refractivity contribution < 1.29 is 14.2 Å². The van der Waals surface area contributed by atoms with E-state index in [4.69, 9.17) is 10.1 Å². The molecule has 8 nitrogen and oxygen atoms in total. The highest BCUT2D eigenvalue weighted by Gasteiger charge is 2.29. The van der Waals surface area contributed by atoms with Gasteiger partial charge in [0.05, 0.1) is 24.3 Å². The summed E-state index contributed by atoms with van der Waals surface area (Å²) in [7, 11) is 1.57. The number of halogens is 1. The van der Waals surface area contributed by atoms with Crippen molar-refractivity contribution in [2.75, 3.05) is 16.9 Å². The van der Waals surface area contributed by atoms with Crippen LogP contribution >= 0.6 is 22.6 Å². The van der Waals surface area contributed by atoms with Crippen molar-refractivity contribution in [3.63, 3.8) is 0 Å². The lowest BCUT2D eigenvalue weighted by molar-refractivity contribution is -0.774. The maximum absolute atomic E-state index is 12.9. The number of imidazole rings is 1. The number of allylic oxidation sites excluding steroid dienone is 1. The minimum absolute atomic E-state index is 0.278. The Morgan fingerprint density at radius 1 is 1.39 bits per heavy atom. The number of alkyl halides is 1. The fourth-order valence-electron chi connectivity index (χ4n) is 4.06. The van der Waals surface area contributed by atoms with Gasteiger partial charge in [-0.25, -0.2) is 4.98 Å². The molecule has 1 aliphatic rings. The number of carbonyl (C=O) groups excluding carboxylic acids is 1. The molecule has 2 aromatic heterocycles. The molecule has 0 bridgehead atoms. The van der Waals surface area contributed by atoms with E-state index in [1.54, 1.807) is 25.5 Å². The number of fused-ring (bicyclic) bond motifs is 1. The molecule has 0 aliphatic heterocycles. The molecule has 3 aromatic rings. The molecule has 1 amide bonds. The highest BCUT2D eigenvalue weighted by molar-refractivity contribution is 14.1. The second-order valence-corrected chi connectivity index (χ2v) is 8.66. The van der Waals surface area contributed by atoms with Gasteiger partial charge in [-0.2, -0.15) is 5.10 Å². The molecule has 4 rings (SSSR count). The fourth-order valence-corrected chi connectivity index (χ4v) is 4.94. The van der Waals surface area contributed by atoms with Gasteiger partial charge in [-0.1, -0.05) is 22.6 Å². The Bertz CT molecular complexity index is 1110. The number of carbonyl (C=O) groups is 1. The summed E-state index contributed by atoms with van der Waals surface area (Å²) in [5, 5.41) is 14.3. The van der Waals surface area contributed by atoms with Gasteiger partial charge in [-0.3, -0.25) is 4.79 Å². The minimum atomic E-state index is -0.278. The number of nitrogens with zero attached hydrogens (tertiary/aromatic N) is 2. The van der Waals surface area contributed by atoms with Gasteiger partial charge in [0.15, 0.2) is 6.04 Å². The van der Waals surface area contributed by atoms with Gasteiger partial charge >= 0.3 is 0 Å². The summed E-state index contributed by atoms with van der Waals surface area (Å²) < 4.78 is 8.92. The molecule has 162 valence electrons. The molecular formula is C22H26IN6O2+. The lowest BCUT2D eigenvalue weighted by Crippen LogP contribution is -2.42. The predicted octanol–water partition coefficient (Wildman–Crippen LogP) is 4.27. The topological polar surface area (TPSA) is 111 Å². The molecule has 1 aliphatic carbocycles. The summed E-state index contributed by atoms with van der Waals surface area (Å²) in [6.07, 6.45) is 12.9. The van der Waals surface area contributed by atoms with Crippen LogP contribution in [0.5, 0.6) is 5.75 Å². The molecule has 0 radical (unpaired) electrons. The van der Waals surface area contributed by atoms with E-state index in [2.05, 4.69) is 53.9 Å². The summed E-state index contributed by atoms with van der Waals surface area (Å²) in [6, 6.07) is 4.20. The van der Waals surface area contributed by atoms with Crippen LogP contribution in [0.4, 0.5) is 5.82 Å². The Morgan fingerprint density at radius 2 is 2.19 bits per heavy atom. The van der Waals surface area contributed by atoms with Crippen LogP contribution < -0.4 is 14.7 Å². The first-order chi connectivity index (χ1) is 15.1. The van der Waals surface area contributed by atoms with Gasteiger partial charge in [0.2, 0.25) is 6.20 Å². The summed E-state index contributed by atoms with van der Waals surface area (Å²) in [6.45, 7) is 0. The van der Waals surface area contributed by atoms with Crippen molar-refractivity contribution in [1.82, 2.24) is 15.1 Å². The van der Waals surface area contributed by atoms with Gasteiger partial charge in [-0.05, 0) is 37.0 Å². The Hall–Kier alpha value is -2.69. The van der Waals surface area contributed by atoms with E-state index in [0.29, 0.717) is 29.0 Å². The van der Waals surface area contributed by atoms with E-state index < -0.39 is 0 Å². The van der Waals surface area contributed by atoms with Crippen LogP contribution in [0.1, 0.15) is 47.9 Å². The average molecular weight is 533 g/mol. The number of aromatic amines is 2. The van der Waals surface area contributed by atoms with Crippen LogP contribution in [0.3, 0.4) is 0 Å². The molecule has 31 heavy (non-hydrogen) atoms. The monoisotopic (exact) mass is 533 g/mol. The third kappa shape index (κ3) is 4.81. The second-order valence-electron chi connectivity index (χ2n) is 7.78. The van der Waals surface area contributed by atoms with Crippen LogP contribution in [0.25, 0.3) is 17.0 Å². The van der Waals surface area contributed by atoms with E-state index in [0.717, 1.165) is 16.8 Å². The molecular weight excluding hydrogens is 507 g/mol. The first-order valence-corrected chi connectivity index (χ1v) is 11.8. The Kier molecular flexibility index (Phi) is 6.69. The molecule has 1 saturated carbocycles. The molecule has 9 heteroatoms. The number of aromatic nitrogens is 4. The van der Waals surface area contributed by atoms with Crippen molar-refractivity contribution in [1.29, 1.82) is 5.41 Å². The van der Waals surface area contributed by atoms with Crippen molar-refractivity contribution in [2.24, 2.45) is 5.92 Å². The zero-order valence-electron chi connectivity index (χ0n) is 17.3. The molecule has 4 N–H and O–H groups in total. The van der Waals surface area contributed by atoms with Crippen LogP contribution in [0.2, 0.25) is 0 Å². The third-order valence-corrected chi connectivity index (χ3v) is 7.01. The van der Waals surface area contributed by atoms with E-state index in [9.17, 15) is 4.79 Å². The maximum atomic E-state index is 12.9. The number of ether oxygens (including phenoxy) is 1. The molecule has 1 fully saturated rings. The first-order valence-electron chi connectivity index (χ1n) is 10.3. The molecule has 0 atom stereocenters. The number of anilines is 1. The average Bonchev–Trinajstić information content (AvgIpc) is 3.42. The molecule has 0 spiro atoms. The third-order valence-electron chi connectivity index (χ3n) is 5.77. The Morgan fingerprint density at radius 3 is 2.90 bits per heavy atom. The van der Waals surface area contributed by atoms with E-state index in [1.165, 1.54) is 36.3 Å². The summed E-state index contributed by atoms with van der Waals surface area (Å²) in [4.78, 5) is 20.1. The van der Waals surface area contributed by atoms with Crippen LogP contribution in [0, 0.1) is 11.3 Å². The zero-order chi connectivity index (χ0) is 21.8. The highest BCUT2D eigenvalue weighted by Crippen LogP contribution is 2.31. The molecule has 1 aromatic carbocycles. The van der Waals surface area contributed by atoms with Gasteiger partial charge < -0.3 is 20.4 Å². The van der Waals surface area contributed by atoms with Crippen molar-refractivity contribution >= 4 is 57.5 Å².